The molecule has 3 rings (SSSR count). The summed E-state index contributed by atoms with van der Waals surface area (Å²) in [5, 5.41) is 3.27. The largest absolute Gasteiger partial charge is 0.338 e. The summed E-state index contributed by atoms with van der Waals surface area (Å²) in [4.78, 5) is 14.3. The number of halogens is 1. The van der Waals surface area contributed by atoms with Crippen molar-refractivity contribution >= 4 is 5.91 Å². The van der Waals surface area contributed by atoms with Gasteiger partial charge in [-0.05, 0) is 37.1 Å². The van der Waals surface area contributed by atoms with E-state index in [9.17, 15) is 9.18 Å². The summed E-state index contributed by atoms with van der Waals surface area (Å²) in [6.45, 7) is 3.04. The smallest absolute Gasteiger partial charge is 0.230 e. The van der Waals surface area contributed by atoms with Crippen molar-refractivity contribution in [2.45, 2.75) is 19.4 Å². The highest BCUT2D eigenvalue weighted by Crippen LogP contribution is 2.37. The van der Waals surface area contributed by atoms with Crippen LogP contribution in [0, 0.1) is 11.2 Å². The van der Waals surface area contributed by atoms with Crippen molar-refractivity contribution in [3.8, 4) is 0 Å². The molecule has 1 unspecified atom stereocenters. The SMILES string of the molecule is O=C1N(Cc2cccc(F)c2)CCC12CCNC2. The summed E-state index contributed by atoms with van der Waals surface area (Å²) >= 11 is 0. The van der Waals surface area contributed by atoms with E-state index in [0.717, 1.165) is 38.0 Å². The molecule has 1 amide bonds. The summed E-state index contributed by atoms with van der Waals surface area (Å²) in [6.07, 6.45) is 1.86. The first-order valence-corrected chi connectivity index (χ1v) is 6.44. The van der Waals surface area contributed by atoms with Crippen molar-refractivity contribution in [3.63, 3.8) is 0 Å². The Labute approximate surface area is 106 Å². The minimum Gasteiger partial charge on any atom is -0.338 e. The molecular weight excluding hydrogens is 231 g/mol. The predicted octanol–water partition coefficient (Wildman–Crippen LogP) is 1.54. The molecule has 18 heavy (non-hydrogen) atoms. The predicted molar refractivity (Wildman–Crippen MR) is 66.4 cm³/mol. The van der Waals surface area contributed by atoms with Gasteiger partial charge in [0.2, 0.25) is 5.91 Å². The van der Waals surface area contributed by atoms with Crippen molar-refractivity contribution in [2.75, 3.05) is 19.6 Å². The monoisotopic (exact) mass is 248 g/mol. The fourth-order valence-corrected chi connectivity index (χ4v) is 3.04. The van der Waals surface area contributed by atoms with Crippen LogP contribution in [0.4, 0.5) is 4.39 Å². The van der Waals surface area contributed by atoms with Crippen molar-refractivity contribution in [1.82, 2.24) is 10.2 Å². The van der Waals surface area contributed by atoms with Gasteiger partial charge in [-0.1, -0.05) is 12.1 Å². The van der Waals surface area contributed by atoms with Crippen molar-refractivity contribution in [2.24, 2.45) is 5.41 Å². The molecule has 1 spiro atoms. The summed E-state index contributed by atoms with van der Waals surface area (Å²) in [5.74, 6) is -0.00634. The van der Waals surface area contributed by atoms with E-state index in [1.54, 1.807) is 6.07 Å². The highest BCUT2D eigenvalue weighted by molar-refractivity contribution is 5.85. The molecule has 2 aliphatic rings. The maximum absolute atomic E-state index is 13.1. The molecule has 2 fully saturated rings. The molecule has 1 aromatic carbocycles. The first-order chi connectivity index (χ1) is 8.70. The minimum absolute atomic E-state index is 0.173. The molecule has 96 valence electrons. The lowest BCUT2D eigenvalue weighted by Gasteiger charge is -2.22. The lowest BCUT2D eigenvalue weighted by molar-refractivity contribution is -0.135. The molecule has 2 aliphatic heterocycles. The number of amides is 1. The molecular formula is C14H17FN2O. The van der Waals surface area contributed by atoms with Crippen LogP contribution in [0.15, 0.2) is 24.3 Å². The van der Waals surface area contributed by atoms with Gasteiger partial charge in [-0.25, -0.2) is 4.39 Å². The zero-order valence-corrected chi connectivity index (χ0v) is 10.3. The Bertz CT molecular complexity index is 469. The Morgan fingerprint density at radius 3 is 3.00 bits per heavy atom. The molecule has 2 saturated heterocycles. The van der Waals surface area contributed by atoms with Gasteiger partial charge in [0.05, 0.1) is 5.41 Å². The number of likely N-dealkylation sites (tertiary alicyclic amines) is 1. The van der Waals surface area contributed by atoms with Gasteiger partial charge in [-0.15, -0.1) is 0 Å². The maximum Gasteiger partial charge on any atom is 0.230 e. The number of carbonyl (C=O) groups is 1. The van der Waals surface area contributed by atoms with Gasteiger partial charge in [-0.2, -0.15) is 0 Å². The normalized spacial score (nSPS) is 27.4. The molecule has 0 saturated carbocycles. The molecule has 0 aromatic heterocycles. The number of benzene rings is 1. The molecule has 0 bridgehead atoms. The summed E-state index contributed by atoms with van der Waals surface area (Å²) in [5.41, 5.74) is 0.694. The molecule has 0 aliphatic carbocycles. The third-order valence-corrected chi connectivity index (χ3v) is 4.11. The first-order valence-electron chi connectivity index (χ1n) is 6.44. The van der Waals surface area contributed by atoms with Crippen LogP contribution in [0.1, 0.15) is 18.4 Å². The minimum atomic E-state index is -0.239. The van der Waals surface area contributed by atoms with Crippen LogP contribution >= 0.6 is 0 Å². The Morgan fingerprint density at radius 1 is 1.39 bits per heavy atom. The highest BCUT2D eigenvalue weighted by atomic mass is 19.1. The number of nitrogens with one attached hydrogen (secondary N) is 1. The van der Waals surface area contributed by atoms with E-state index >= 15 is 0 Å². The van der Waals surface area contributed by atoms with Gasteiger partial charge in [0.15, 0.2) is 0 Å². The molecule has 4 heteroatoms. The van der Waals surface area contributed by atoms with Crippen molar-refractivity contribution in [1.29, 1.82) is 0 Å². The second-order valence-corrected chi connectivity index (χ2v) is 5.31. The Hall–Kier alpha value is -1.42. The number of carbonyl (C=O) groups excluding carboxylic acids is 1. The lowest BCUT2D eigenvalue weighted by Crippen LogP contribution is -2.35. The second kappa shape index (κ2) is 4.35. The van der Waals surface area contributed by atoms with E-state index in [1.165, 1.54) is 12.1 Å². The van der Waals surface area contributed by atoms with Gasteiger partial charge in [0, 0.05) is 19.6 Å². The Balaban J connectivity index is 1.73. The summed E-state index contributed by atoms with van der Waals surface area (Å²) in [6, 6.07) is 6.50. The van der Waals surface area contributed by atoms with E-state index in [0.29, 0.717) is 6.54 Å². The Morgan fingerprint density at radius 2 is 2.28 bits per heavy atom. The fraction of sp³-hybridized carbons (Fsp3) is 0.500. The topological polar surface area (TPSA) is 32.3 Å². The highest BCUT2D eigenvalue weighted by Gasteiger charge is 2.47. The summed E-state index contributed by atoms with van der Waals surface area (Å²) in [7, 11) is 0. The fourth-order valence-electron chi connectivity index (χ4n) is 3.04. The third kappa shape index (κ3) is 1.90. The van der Waals surface area contributed by atoms with E-state index < -0.39 is 0 Å². The van der Waals surface area contributed by atoms with Crippen molar-refractivity contribution in [3.05, 3.63) is 35.6 Å². The van der Waals surface area contributed by atoms with Gasteiger partial charge in [0.1, 0.15) is 5.82 Å². The Kier molecular flexibility index (Phi) is 2.82. The molecule has 0 radical (unpaired) electrons. The maximum atomic E-state index is 13.1. The van der Waals surface area contributed by atoms with Gasteiger partial charge in [-0.3, -0.25) is 4.79 Å². The van der Waals surface area contributed by atoms with Gasteiger partial charge < -0.3 is 10.2 Å². The van der Waals surface area contributed by atoms with Crippen LogP contribution in [0.25, 0.3) is 0 Å². The molecule has 1 atom stereocenters. The van der Waals surface area contributed by atoms with Crippen LogP contribution in [-0.4, -0.2) is 30.4 Å². The molecule has 1 aromatic rings. The number of nitrogens with zero attached hydrogens (tertiary/aromatic N) is 1. The van der Waals surface area contributed by atoms with Crippen molar-refractivity contribution < 1.29 is 9.18 Å². The van der Waals surface area contributed by atoms with Crippen LogP contribution in [0.3, 0.4) is 0 Å². The van der Waals surface area contributed by atoms with Crippen LogP contribution < -0.4 is 5.32 Å². The number of rotatable bonds is 2. The van der Waals surface area contributed by atoms with Gasteiger partial charge in [0.25, 0.3) is 0 Å². The quantitative estimate of drug-likeness (QED) is 0.861. The average Bonchev–Trinajstić information content (AvgIpc) is 2.93. The molecule has 1 N–H and O–H groups in total. The molecule has 3 nitrogen and oxygen atoms in total. The molecule has 2 heterocycles. The number of hydrogen-bond donors (Lipinski definition) is 1. The van der Waals surface area contributed by atoms with E-state index in [2.05, 4.69) is 5.32 Å². The first kappa shape index (κ1) is 11.7. The van der Waals surface area contributed by atoms with Crippen LogP contribution in [0.5, 0.6) is 0 Å². The van der Waals surface area contributed by atoms with E-state index in [1.807, 2.05) is 11.0 Å². The standard InChI is InChI=1S/C14H17FN2O/c15-12-3-1-2-11(8-12)9-17-7-5-14(13(17)18)4-6-16-10-14/h1-3,8,16H,4-7,9-10H2. The third-order valence-electron chi connectivity index (χ3n) is 4.11. The van der Waals surface area contributed by atoms with Gasteiger partial charge >= 0.3 is 0 Å². The average molecular weight is 248 g/mol. The van der Waals surface area contributed by atoms with E-state index in [-0.39, 0.29) is 17.1 Å². The van der Waals surface area contributed by atoms with Crippen LogP contribution in [-0.2, 0) is 11.3 Å². The lowest BCUT2D eigenvalue weighted by atomic mass is 9.86. The number of hydrogen-bond acceptors (Lipinski definition) is 2. The van der Waals surface area contributed by atoms with E-state index in [4.69, 9.17) is 0 Å². The zero-order chi connectivity index (χ0) is 12.6. The second-order valence-electron chi connectivity index (χ2n) is 5.31. The summed E-state index contributed by atoms with van der Waals surface area (Å²) < 4.78 is 13.1. The van der Waals surface area contributed by atoms with Crippen LogP contribution in [0.2, 0.25) is 0 Å². The zero-order valence-electron chi connectivity index (χ0n) is 10.3.